The van der Waals surface area contributed by atoms with Crippen molar-refractivity contribution in [3.05, 3.63) is 0 Å². The normalized spacial score (nSPS) is 29.5. The van der Waals surface area contributed by atoms with Gasteiger partial charge in [0, 0.05) is 62.3 Å². The number of ether oxygens (including phenoxy) is 4. The lowest BCUT2D eigenvalue weighted by atomic mass is 9.53. The van der Waals surface area contributed by atoms with Crippen LogP contribution in [-0.4, -0.2) is 118 Å². The molecule has 16 nitrogen and oxygen atoms in total. The lowest BCUT2D eigenvalue weighted by Gasteiger charge is -2.56. The Kier molecular flexibility index (Phi) is 32.7. The Morgan fingerprint density at radius 2 is 0.625 bits per heavy atom. The summed E-state index contributed by atoms with van der Waals surface area (Å²) in [4.78, 5) is 59.1. The number of hydrogen-bond acceptors (Lipinski definition) is 9. The van der Waals surface area contributed by atoms with Crippen LogP contribution >= 0.6 is 0 Å². The Hall–Kier alpha value is -3.37. The van der Waals surface area contributed by atoms with E-state index in [1.165, 1.54) is 186 Å². The second-order valence-electron chi connectivity index (χ2n) is 30.1. The first-order valence-electron chi connectivity index (χ1n) is 37.1. The van der Waals surface area contributed by atoms with Gasteiger partial charge in [0.1, 0.15) is 0 Å². The van der Waals surface area contributed by atoms with Gasteiger partial charge >= 0.3 is 30.0 Å². The van der Waals surface area contributed by atoms with Crippen molar-refractivity contribution in [2.75, 3.05) is 65.9 Å². The molecule has 0 heterocycles. The third kappa shape index (κ3) is 27.1. The SMILES string of the molecule is CCCCOC(=O)CCCCCCCCCCCNC(=O)NC12CC3CC(CC(C3)C1)C2.CCOCCOCCOCCCCCNC(=O)NC12CC3CC(CC(C3)C1)C2.O=C(O)CCCCCCCCCCCNC(=O)NC12CC3CC(CC(C3)C1)C2. The highest BCUT2D eigenvalue weighted by atomic mass is 16.5. The summed E-state index contributed by atoms with van der Waals surface area (Å²) >= 11 is 0. The molecule has 12 aliphatic rings. The number of rotatable bonds is 43. The van der Waals surface area contributed by atoms with E-state index in [-0.39, 0.29) is 40.7 Å². The van der Waals surface area contributed by atoms with E-state index in [0.717, 1.165) is 163 Å². The summed E-state index contributed by atoms with van der Waals surface area (Å²) in [5.41, 5.74) is 0.342. The highest BCUT2D eigenvalue weighted by Gasteiger charge is 2.54. The number of esters is 1. The van der Waals surface area contributed by atoms with Crippen molar-refractivity contribution in [2.24, 2.45) is 53.3 Å². The molecule has 506 valence electrons. The quantitative estimate of drug-likeness (QED) is 0.0226. The van der Waals surface area contributed by atoms with E-state index in [9.17, 15) is 24.0 Å². The average molecular weight is 1240 g/mol. The first-order chi connectivity index (χ1) is 42.8. The summed E-state index contributed by atoms with van der Waals surface area (Å²) in [6, 6.07) is 0.173. The van der Waals surface area contributed by atoms with Gasteiger partial charge in [-0.1, -0.05) is 103 Å². The Labute approximate surface area is 533 Å². The number of carbonyl (C=O) groups is 5. The molecule has 0 unspecified atom stereocenters. The minimum Gasteiger partial charge on any atom is -0.481 e. The first kappa shape index (κ1) is 72.1. The third-order valence-corrected chi connectivity index (χ3v) is 21.9. The van der Waals surface area contributed by atoms with Crippen molar-refractivity contribution >= 4 is 30.0 Å². The predicted octanol–water partition coefficient (Wildman–Crippen LogP) is 15.2. The Morgan fingerprint density at radius 3 is 0.943 bits per heavy atom. The van der Waals surface area contributed by atoms with Crippen LogP contribution in [0.3, 0.4) is 0 Å². The van der Waals surface area contributed by atoms with Gasteiger partial charge in [0.05, 0.1) is 33.0 Å². The zero-order valence-corrected chi connectivity index (χ0v) is 55.8. The molecule has 12 aliphatic carbocycles. The van der Waals surface area contributed by atoms with Crippen LogP contribution < -0.4 is 31.9 Å². The van der Waals surface area contributed by atoms with E-state index >= 15 is 0 Å². The van der Waals surface area contributed by atoms with E-state index in [2.05, 4.69) is 38.8 Å². The van der Waals surface area contributed by atoms with E-state index < -0.39 is 5.97 Å². The predicted molar refractivity (Wildman–Crippen MR) is 350 cm³/mol. The van der Waals surface area contributed by atoms with Crippen LogP contribution in [0.1, 0.15) is 290 Å². The van der Waals surface area contributed by atoms with Crippen molar-refractivity contribution in [3.63, 3.8) is 0 Å². The standard InChI is InChI=1S/C27H48N2O3.C23H40N2O3.C22H40N2O4/c1-2-3-15-32-25(30)13-11-9-7-5-4-6-8-10-12-14-28-26(31)29-27-19-22-16-23(20-27)18-24(17-22)21-27;26-21(27)10-8-6-4-2-1-3-5-7-9-11-24-22(28)25-23-15-18-12-19(16-23)14-20(13-18)17-23;1-2-26-8-9-28-11-10-27-7-5-3-4-6-23-21(25)24-22-15-18-12-19(16-22)14-20(13-18)17-22/h22-24H,2-21H2,1H3,(H2,28,29,31);18-20H,1-17H2,(H,26,27)(H2,24,25,28);18-20H,2-17H2,1H3,(H2,23,24,25). The number of carbonyl (C=O) groups excluding carboxylic acids is 4. The summed E-state index contributed by atoms with van der Waals surface area (Å²) in [6.07, 6.45) is 50.4. The molecule has 0 aromatic rings. The second-order valence-corrected chi connectivity index (χ2v) is 30.1. The van der Waals surface area contributed by atoms with E-state index in [1.54, 1.807) is 0 Å². The molecule has 0 aliphatic heterocycles. The maximum Gasteiger partial charge on any atom is 0.315 e. The van der Waals surface area contributed by atoms with Crippen molar-refractivity contribution < 1.29 is 48.0 Å². The fraction of sp³-hybridized carbons (Fsp3) is 0.931. The van der Waals surface area contributed by atoms with Gasteiger partial charge in [-0.25, -0.2) is 14.4 Å². The molecule has 16 heteroatoms. The van der Waals surface area contributed by atoms with Gasteiger partial charge in [0.15, 0.2) is 0 Å². The minimum absolute atomic E-state index is 0.0290. The number of aliphatic carboxylic acids is 1. The van der Waals surface area contributed by atoms with E-state index in [0.29, 0.717) is 45.9 Å². The van der Waals surface area contributed by atoms with Crippen LogP contribution in [0.5, 0.6) is 0 Å². The Morgan fingerprint density at radius 1 is 0.341 bits per heavy atom. The van der Waals surface area contributed by atoms with Crippen LogP contribution in [0.15, 0.2) is 0 Å². The second kappa shape index (κ2) is 39.9. The van der Waals surface area contributed by atoms with Gasteiger partial charge in [-0.05, 0) is 227 Å². The molecule has 0 radical (unpaired) electrons. The molecule has 12 bridgehead atoms. The lowest BCUT2D eigenvalue weighted by Crippen LogP contribution is -2.61. The molecule has 0 saturated heterocycles. The summed E-state index contributed by atoms with van der Waals surface area (Å²) in [7, 11) is 0. The summed E-state index contributed by atoms with van der Waals surface area (Å²) in [6.45, 7) is 11.0. The first-order valence-corrected chi connectivity index (χ1v) is 37.1. The molecule has 88 heavy (non-hydrogen) atoms. The van der Waals surface area contributed by atoms with Gasteiger partial charge in [-0.15, -0.1) is 0 Å². The largest absolute Gasteiger partial charge is 0.481 e. The highest BCUT2D eigenvalue weighted by molar-refractivity contribution is 5.76. The number of amides is 6. The molecule has 7 N–H and O–H groups in total. The van der Waals surface area contributed by atoms with Crippen molar-refractivity contribution in [2.45, 2.75) is 307 Å². The van der Waals surface area contributed by atoms with Crippen molar-refractivity contribution in [1.82, 2.24) is 31.9 Å². The fourth-order valence-corrected chi connectivity index (χ4v) is 19.0. The van der Waals surface area contributed by atoms with Gasteiger partial charge < -0.3 is 56.0 Å². The van der Waals surface area contributed by atoms with Crippen molar-refractivity contribution in [1.29, 1.82) is 0 Å². The smallest absolute Gasteiger partial charge is 0.315 e. The molecular formula is C72H128N6O10. The van der Waals surface area contributed by atoms with Gasteiger partial charge in [-0.2, -0.15) is 0 Å². The molecule has 12 rings (SSSR count). The van der Waals surface area contributed by atoms with Crippen LogP contribution in [0.25, 0.3) is 0 Å². The zero-order valence-electron chi connectivity index (χ0n) is 55.8. The van der Waals surface area contributed by atoms with Crippen LogP contribution in [-0.2, 0) is 28.5 Å². The molecule has 6 amide bonds. The lowest BCUT2D eigenvalue weighted by molar-refractivity contribution is -0.144. The average Bonchev–Trinajstić information content (AvgIpc) is 0.937. The van der Waals surface area contributed by atoms with Gasteiger partial charge in [-0.3, -0.25) is 9.59 Å². The van der Waals surface area contributed by atoms with E-state index in [4.69, 9.17) is 24.1 Å². The number of urea groups is 3. The van der Waals surface area contributed by atoms with Crippen LogP contribution in [0.2, 0.25) is 0 Å². The summed E-state index contributed by atoms with van der Waals surface area (Å²) in [5.74, 6) is 7.08. The fourth-order valence-electron chi connectivity index (χ4n) is 19.0. The highest BCUT2D eigenvalue weighted by Crippen LogP contribution is 2.58. The van der Waals surface area contributed by atoms with Crippen molar-refractivity contribution in [3.8, 4) is 0 Å². The molecule has 0 spiro atoms. The maximum atomic E-state index is 12.4. The number of nitrogens with one attached hydrogen (secondary N) is 6. The molecular weight excluding hydrogens is 1110 g/mol. The maximum absolute atomic E-state index is 12.4. The molecule has 12 saturated carbocycles. The van der Waals surface area contributed by atoms with Crippen LogP contribution in [0.4, 0.5) is 14.4 Å². The van der Waals surface area contributed by atoms with Crippen LogP contribution in [0, 0.1) is 53.3 Å². The van der Waals surface area contributed by atoms with E-state index in [1.807, 2.05) is 6.92 Å². The Balaban J connectivity index is 0.000000189. The van der Waals surface area contributed by atoms with Gasteiger partial charge in [0.2, 0.25) is 0 Å². The molecule has 12 fully saturated rings. The molecule has 0 aromatic carbocycles. The monoisotopic (exact) mass is 1240 g/mol. The number of unbranched alkanes of at least 4 members (excludes halogenated alkanes) is 19. The Bertz CT molecular complexity index is 1900. The van der Waals surface area contributed by atoms with Gasteiger partial charge in [0.25, 0.3) is 0 Å². The number of hydrogen-bond donors (Lipinski definition) is 7. The topological polar surface area (TPSA) is 215 Å². The summed E-state index contributed by atoms with van der Waals surface area (Å²) < 4.78 is 21.3. The molecule has 0 aromatic heterocycles. The number of carboxylic acids is 1. The minimum atomic E-state index is -0.680. The summed E-state index contributed by atoms with van der Waals surface area (Å²) in [5, 5.41) is 28.0. The third-order valence-electron chi connectivity index (χ3n) is 21.9. The molecule has 0 atom stereocenters. The zero-order chi connectivity index (χ0) is 62.1. The number of carboxylic acid groups (broad SMARTS) is 1.